The third-order valence-electron chi connectivity index (χ3n) is 3.21. The predicted octanol–water partition coefficient (Wildman–Crippen LogP) is 3.43. The maximum Gasteiger partial charge on any atom is 0.122 e. The Morgan fingerprint density at radius 1 is 1.33 bits per heavy atom. The first-order valence-corrected chi connectivity index (χ1v) is 6.32. The lowest BCUT2D eigenvalue weighted by atomic mass is 9.92. The SMILES string of the molecule is COc1cc(C)c(C(N)CCC#N)cc1C(C)C. The first-order valence-electron chi connectivity index (χ1n) is 6.32. The monoisotopic (exact) mass is 246 g/mol. The summed E-state index contributed by atoms with van der Waals surface area (Å²) in [6.07, 6.45) is 1.19. The van der Waals surface area contributed by atoms with E-state index in [0.717, 1.165) is 16.9 Å². The molecule has 0 spiro atoms. The second-order valence-electron chi connectivity index (χ2n) is 4.91. The van der Waals surface area contributed by atoms with E-state index < -0.39 is 0 Å². The smallest absolute Gasteiger partial charge is 0.122 e. The Bertz CT molecular complexity index is 447. The Labute approximate surface area is 110 Å². The highest BCUT2D eigenvalue weighted by Gasteiger charge is 2.15. The number of benzene rings is 1. The predicted molar refractivity (Wildman–Crippen MR) is 73.6 cm³/mol. The van der Waals surface area contributed by atoms with Crippen molar-refractivity contribution in [1.29, 1.82) is 5.26 Å². The van der Waals surface area contributed by atoms with Crippen LogP contribution in [0.25, 0.3) is 0 Å². The van der Waals surface area contributed by atoms with Crippen LogP contribution in [0.15, 0.2) is 12.1 Å². The minimum Gasteiger partial charge on any atom is -0.496 e. The fourth-order valence-electron chi connectivity index (χ4n) is 2.12. The molecule has 0 fully saturated rings. The second kappa shape index (κ2) is 6.42. The highest BCUT2D eigenvalue weighted by atomic mass is 16.5. The molecule has 1 rings (SSSR count). The molecule has 2 N–H and O–H groups in total. The van der Waals surface area contributed by atoms with Gasteiger partial charge in [-0.1, -0.05) is 19.9 Å². The van der Waals surface area contributed by atoms with Crippen LogP contribution in [0.4, 0.5) is 0 Å². The van der Waals surface area contributed by atoms with E-state index in [9.17, 15) is 0 Å². The number of nitrogens with two attached hydrogens (primary N) is 1. The highest BCUT2D eigenvalue weighted by molar-refractivity contribution is 5.45. The number of aryl methyl sites for hydroxylation is 1. The van der Waals surface area contributed by atoms with E-state index in [4.69, 9.17) is 15.7 Å². The van der Waals surface area contributed by atoms with Crippen LogP contribution >= 0.6 is 0 Å². The summed E-state index contributed by atoms with van der Waals surface area (Å²) in [4.78, 5) is 0. The topological polar surface area (TPSA) is 59.0 Å². The first-order chi connectivity index (χ1) is 8.51. The molecule has 98 valence electrons. The minimum atomic E-state index is -0.0759. The molecule has 1 unspecified atom stereocenters. The quantitative estimate of drug-likeness (QED) is 0.865. The van der Waals surface area contributed by atoms with Gasteiger partial charge in [-0.05, 0) is 42.0 Å². The standard InChI is InChI=1S/C15H22N2O/c1-10(2)12-9-13(14(17)6-5-7-16)11(3)8-15(12)18-4/h8-10,14H,5-6,17H2,1-4H3. The van der Waals surface area contributed by atoms with Crippen LogP contribution in [0.2, 0.25) is 0 Å². The van der Waals surface area contributed by atoms with Crippen LogP contribution in [0.3, 0.4) is 0 Å². The molecule has 0 bridgehead atoms. The van der Waals surface area contributed by atoms with Gasteiger partial charge in [-0.3, -0.25) is 0 Å². The van der Waals surface area contributed by atoms with Gasteiger partial charge in [-0.2, -0.15) is 5.26 Å². The lowest BCUT2D eigenvalue weighted by molar-refractivity contribution is 0.406. The van der Waals surface area contributed by atoms with Crippen molar-refractivity contribution in [1.82, 2.24) is 0 Å². The zero-order valence-electron chi connectivity index (χ0n) is 11.7. The molecular formula is C15H22N2O. The molecule has 1 aromatic carbocycles. The lowest BCUT2D eigenvalue weighted by Crippen LogP contribution is -2.12. The molecule has 0 heterocycles. The summed E-state index contributed by atoms with van der Waals surface area (Å²) in [6.45, 7) is 6.31. The molecule has 0 saturated carbocycles. The summed E-state index contributed by atoms with van der Waals surface area (Å²) in [5, 5.41) is 8.63. The maximum absolute atomic E-state index is 8.63. The zero-order valence-corrected chi connectivity index (χ0v) is 11.7. The van der Waals surface area contributed by atoms with Crippen LogP contribution in [-0.4, -0.2) is 7.11 Å². The van der Waals surface area contributed by atoms with E-state index >= 15 is 0 Å². The third kappa shape index (κ3) is 3.24. The van der Waals surface area contributed by atoms with E-state index in [1.807, 2.05) is 13.0 Å². The highest BCUT2D eigenvalue weighted by Crippen LogP contribution is 2.32. The molecule has 0 aliphatic rings. The molecule has 0 amide bonds. The maximum atomic E-state index is 8.63. The Balaban J connectivity index is 3.13. The summed E-state index contributed by atoms with van der Waals surface area (Å²) in [6, 6.07) is 6.23. The average molecular weight is 246 g/mol. The Kier molecular flexibility index (Phi) is 5.18. The van der Waals surface area contributed by atoms with Gasteiger partial charge in [-0.25, -0.2) is 0 Å². The molecule has 0 aliphatic carbocycles. The van der Waals surface area contributed by atoms with Crippen LogP contribution in [0, 0.1) is 18.3 Å². The fourth-order valence-corrected chi connectivity index (χ4v) is 2.12. The molecule has 1 atom stereocenters. The summed E-state index contributed by atoms with van der Waals surface area (Å²) in [7, 11) is 1.69. The summed E-state index contributed by atoms with van der Waals surface area (Å²) >= 11 is 0. The van der Waals surface area contributed by atoms with E-state index in [1.165, 1.54) is 5.56 Å². The largest absolute Gasteiger partial charge is 0.496 e. The molecule has 18 heavy (non-hydrogen) atoms. The van der Waals surface area contributed by atoms with Gasteiger partial charge >= 0.3 is 0 Å². The number of hydrogen-bond acceptors (Lipinski definition) is 3. The van der Waals surface area contributed by atoms with Crippen molar-refractivity contribution in [3.63, 3.8) is 0 Å². The van der Waals surface area contributed by atoms with Crippen LogP contribution < -0.4 is 10.5 Å². The molecule has 0 aromatic heterocycles. The van der Waals surface area contributed by atoms with Gasteiger partial charge in [-0.15, -0.1) is 0 Å². The lowest BCUT2D eigenvalue weighted by Gasteiger charge is -2.19. The second-order valence-corrected chi connectivity index (χ2v) is 4.91. The van der Waals surface area contributed by atoms with Gasteiger partial charge in [0.15, 0.2) is 0 Å². The minimum absolute atomic E-state index is 0.0759. The number of nitriles is 1. The van der Waals surface area contributed by atoms with Crippen molar-refractivity contribution in [2.75, 3.05) is 7.11 Å². The van der Waals surface area contributed by atoms with Crippen molar-refractivity contribution in [2.45, 2.75) is 45.6 Å². The molecule has 1 aromatic rings. The van der Waals surface area contributed by atoms with E-state index in [-0.39, 0.29) is 6.04 Å². The number of hydrogen-bond donors (Lipinski definition) is 1. The van der Waals surface area contributed by atoms with Gasteiger partial charge in [0.1, 0.15) is 5.75 Å². The van der Waals surface area contributed by atoms with Gasteiger partial charge in [0, 0.05) is 12.5 Å². The molecule has 0 radical (unpaired) electrons. The Morgan fingerprint density at radius 2 is 2.00 bits per heavy atom. The number of rotatable bonds is 5. The molecule has 0 aliphatic heterocycles. The molecule has 3 heteroatoms. The molecule has 3 nitrogen and oxygen atoms in total. The van der Waals surface area contributed by atoms with Gasteiger partial charge in [0.25, 0.3) is 0 Å². The zero-order chi connectivity index (χ0) is 13.7. The van der Waals surface area contributed by atoms with Gasteiger partial charge in [0.05, 0.1) is 13.2 Å². The van der Waals surface area contributed by atoms with Crippen LogP contribution in [0.1, 0.15) is 55.3 Å². The number of nitrogens with zero attached hydrogens (tertiary/aromatic N) is 1. The first kappa shape index (κ1) is 14.5. The Morgan fingerprint density at radius 3 is 2.50 bits per heavy atom. The van der Waals surface area contributed by atoms with Crippen molar-refractivity contribution in [3.05, 3.63) is 28.8 Å². The molecule has 0 saturated heterocycles. The van der Waals surface area contributed by atoms with Crippen molar-refractivity contribution in [2.24, 2.45) is 5.73 Å². The normalized spacial score (nSPS) is 12.3. The number of methoxy groups -OCH3 is 1. The van der Waals surface area contributed by atoms with Crippen molar-refractivity contribution >= 4 is 0 Å². The average Bonchev–Trinajstić information content (AvgIpc) is 2.34. The van der Waals surface area contributed by atoms with E-state index in [1.54, 1.807) is 7.11 Å². The summed E-state index contributed by atoms with van der Waals surface area (Å²) < 4.78 is 5.41. The summed E-state index contributed by atoms with van der Waals surface area (Å²) in [5.41, 5.74) is 9.57. The third-order valence-corrected chi connectivity index (χ3v) is 3.21. The van der Waals surface area contributed by atoms with E-state index in [2.05, 4.69) is 26.0 Å². The Hall–Kier alpha value is -1.53. The van der Waals surface area contributed by atoms with Crippen molar-refractivity contribution < 1.29 is 4.74 Å². The van der Waals surface area contributed by atoms with Gasteiger partial charge < -0.3 is 10.5 Å². The molecular weight excluding hydrogens is 224 g/mol. The van der Waals surface area contributed by atoms with Crippen LogP contribution in [0.5, 0.6) is 5.75 Å². The number of ether oxygens (including phenoxy) is 1. The van der Waals surface area contributed by atoms with Gasteiger partial charge in [0.2, 0.25) is 0 Å². The van der Waals surface area contributed by atoms with Crippen molar-refractivity contribution in [3.8, 4) is 11.8 Å². The fraction of sp³-hybridized carbons (Fsp3) is 0.533. The summed E-state index contributed by atoms with van der Waals surface area (Å²) in [5.74, 6) is 1.31. The van der Waals surface area contributed by atoms with E-state index in [0.29, 0.717) is 18.8 Å². The van der Waals surface area contributed by atoms with Crippen LogP contribution in [-0.2, 0) is 0 Å².